The van der Waals surface area contributed by atoms with Crippen LogP contribution in [0.2, 0.25) is 0 Å². The van der Waals surface area contributed by atoms with Gasteiger partial charge in [-0.15, -0.1) is 0 Å². The minimum atomic E-state index is -0.263. The number of rotatable bonds is 7. The van der Waals surface area contributed by atoms with Crippen molar-refractivity contribution >= 4 is 55.7 Å². The highest BCUT2D eigenvalue weighted by molar-refractivity contribution is 9.10. The van der Waals surface area contributed by atoms with Gasteiger partial charge in [-0.1, -0.05) is 65.3 Å². The van der Waals surface area contributed by atoms with Gasteiger partial charge in [0.25, 0.3) is 11.1 Å². The van der Waals surface area contributed by atoms with E-state index in [1.54, 1.807) is 19.3 Å². The fraction of sp³-hybridized carbons (Fsp3) is 0.231. The van der Waals surface area contributed by atoms with Gasteiger partial charge in [-0.2, -0.15) is 0 Å². The number of ether oxygens (including phenoxy) is 2. The molecule has 1 atom stereocenters. The van der Waals surface area contributed by atoms with E-state index >= 15 is 0 Å². The van der Waals surface area contributed by atoms with Crippen LogP contribution in [0.4, 0.5) is 4.79 Å². The van der Waals surface area contributed by atoms with Crippen LogP contribution in [0.3, 0.4) is 0 Å². The van der Waals surface area contributed by atoms with Gasteiger partial charge < -0.3 is 9.47 Å². The maximum atomic E-state index is 12.8. The van der Waals surface area contributed by atoms with Crippen LogP contribution in [0.5, 0.6) is 11.5 Å². The van der Waals surface area contributed by atoms with Crippen molar-refractivity contribution in [1.82, 2.24) is 4.90 Å². The SMILES string of the molecule is CCC(C)N1C(=O)S/C(=C/c2cc(OC)c(OCc3cccc4ccccc34)cc2Br)C1=O. The minimum Gasteiger partial charge on any atom is -0.493 e. The van der Waals surface area contributed by atoms with E-state index in [2.05, 4.69) is 34.1 Å². The second-order valence-electron chi connectivity index (χ2n) is 7.76. The van der Waals surface area contributed by atoms with E-state index in [-0.39, 0.29) is 17.2 Å². The maximum Gasteiger partial charge on any atom is 0.293 e. The van der Waals surface area contributed by atoms with E-state index in [0.29, 0.717) is 29.4 Å². The zero-order chi connectivity index (χ0) is 23.5. The van der Waals surface area contributed by atoms with E-state index in [1.807, 2.05) is 44.2 Å². The zero-order valence-electron chi connectivity index (χ0n) is 18.6. The van der Waals surface area contributed by atoms with Crippen LogP contribution in [-0.4, -0.2) is 29.2 Å². The summed E-state index contributed by atoms with van der Waals surface area (Å²) in [5.74, 6) is 0.870. The van der Waals surface area contributed by atoms with Crippen molar-refractivity contribution in [3.8, 4) is 11.5 Å². The second-order valence-corrected chi connectivity index (χ2v) is 9.61. The Morgan fingerprint density at radius 2 is 1.85 bits per heavy atom. The Balaban J connectivity index is 1.59. The first-order valence-corrected chi connectivity index (χ1v) is 12.3. The minimum absolute atomic E-state index is 0.133. The molecule has 1 aliphatic rings. The molecule has 7 heteroatoms. The molecule has 0 saturated carbocycles. The van der Waals surface area contributed by atoms with Gasteiger partial charge >= 0.3 is 0 Å². The van der Waals surface area contributed by atoms with Crippen molar-refractivity contribution in [3.05, 3.63) is 75.1 Å². The average molecular weight is 526 g/mol. The Labute approximate surface area is 205 Å². The highest BCUT2D eigenvalue weighted by atomic mass is 79.9. The standard InChI is InChI=1S/C26H24BrNO4S/c1-4-16(2)28-25(29)24(33-26(28)30)13-19-12-22(31-3)23(14-21(19)27)32-15-18-10-7-9-17-8-5-6-11-20(17)18/h5-14,16H,4,15H2,1-3H3/b24-13+. The van der Waals surface area contributed by atoms with Crippen LogP contribution in [-0.2, 0) is 11.4 Å². The maximum absolute atomic E-state index is 12.8. The summed E-state index contributed by atoms with van der Waals surface area (Å²) in [5.41, 5.74) is 1.81. The molecule has 0 aromatic heterocycles. The number of benzene rings is 3. The Bertz CT molecular complexity index is 1250. The van der Waals surface area contributed by atoms with Crippen LogP contribution in [0, 0.1) is 0 Å². The number of carbonyl (C=O) groups is 2. The molecule has 5 nitrogen and oxygen atoms in total. The highest BCUT2D eigenvalue weighted by Crippen LogP contribution is 2.39. The van der Waals surface area contributed by atoms with E-state index in [9.17, 15) is 9.59 Å². The van der Waals surface area contributed by atoms with Gasteiger partial charge in [-0.25, -0.2) is 0 Å². The van der Waals surface area contributed by atoms with Crippen LogP contribution >= 0.6 is 27.7 Å². The van der Waals surface area contributed by atoms with E-state index in [0.717, 1.165) is 38.1 Å². The number of nitrogens with zero attached hydrogens (tertiary/aromatic N) is 1. The number of methoxy groups -OCH3 is 1. The molecule has 3 aromatic rings. The fourth-order valence-corrected chi connectivity index (χ4v) is 5.05. The number of fused-ring (bicyclic) bond motifs is 1. The van der Waals surface area contributed by atoms with Crippen molar-refractivity contribution in [2.45, 2.75) is 32.9 Å². The molecule has 0 radical (unpaired) electrons. The lowest BCUT2D eigenvalue weighted by molar-refractivity contribution is -0.124. The lowest BCUT2D eigenvalue weighted by Crippen LogP contribution is -2.36. The third-order valence-electron chi connectivity index (χ3n) is 5.69. The van der Waals surface area contributed by atoms with Gasteiger partial charge in [-0.05, 0) is 65.2 Å². The molecule has 3 aromatic carbocycles. The molecule has 0 N–H and O–H groups in total. The predicted octanol–water partition coefficient (Wildman–Crippen LogP) is 7.02. The summed E-state index contributed by atoms with van der Waals surface area (Å²) in [6, 6.07) is 17.8. The molecule has 1 saturated heterocycles. The Kier molecular flexibility index (Phi) is 7.10. The van der Waals surface area contributed by atoms with Gasteiger partial charge in [0.2, 0.25) is 0 Å². The Morgan fingerprint density at radius 3 is 2.61 bits per heavy atom. The molecular formula is C26H24BrNO4S. The van der Waals surface area contributed by atoms with Gasteiger partial charge in [0, 0.05) is 10.5 Å². The van der Waals surface area contributed by atoms with Crippen LogP contribution in [0.1, 0.15) is 31.4 Å². The van der Waals surface area contributed by atoms with Crippen LogP contribution in [0.15, 0.2) is 64.0 Å². The average Bonchev–Trinajstić information content (AvgIpc) is 3.11. The van der Waals surface area contributed by atoms with Crippen LogP contribution < -0.4 is 9.47 Å². The molecule has 1 fully saturated rings. The summed E-state index contributed by atoms with van der Waals surface area (Å²) >= 11 is 4.54. The monoisotopic (exact) mass is 525 g/mol. The summed E-state index contributed by atoms with van der Waals surface area (Å²) < 4.78 is 12.4. The molecule has 0 bridgehead atoms. The molecule has 0 spiro atoms. The number of amides is 2. The fourth-order valence-electron chi connectivity index (χ4n) is 3.69. The number of carbonyl (C=O) groups excluding carboxylic acids is 2. The van der Waals surface area contributed by atoms with Crippen molar-refractivity contribution in [2.24, 2.45) is 0 Å². The van der Waals surface area contributed by atoms with Crippen LogP contribution in [0.25, 0.3) is 16.8 Å². The largest absolute Gasteiger partial charge is 0.493 e. The first-order chi connectivity index (χ1) is 15.9. The van der Waals surface area contributed by atoms with Crippen molar-refractivity contribution in [2.75, 3.05) is 7.11 Å². The first-order valence-electron chi connectivity index (χ1n) is 10.7. The molecular weight excluding hydrogens is 502 g/mol. The lowest BCUT2D eigenvalue weighted by atomic mass is 10.1. The Hall–Kier alpha value is -2.77. The van der Waals surface area contributed by atoms with E-state index in [1.165, 1.54) is 4.90 Å². The van der Waals surface area contributed by atoms with Crippen molar-refractivity contribution in [3.63, 3.8) is 0 Å². The number of imide groups is 1. The summed E-state index contributed by atoms with van der Waals surface area (Å²) in [4.78, 5) is 26.8. The van der Waals surface area contributed by atoms with Crippen molar-refractivity contribution < 1.29 is 19.1 Å². The van der Waals surface area contributed by atoms with Gasteiger partial charge in [0.1, 0.15) is 6.61 Å². The molecule has 33 heavy (non-hydrogen) atoms. The number of hydrogen-bond acceptors (Lipinski definition) is 5. The third kappa shape index (κ3) is 4.80. The predicted molar refractivity (Wildman–Crippen MR) is 137 cm³/mol. The van der Waals surface area contributed by atoms with Gasteiger partial charge in [0.15, 0.2) is 11.5 Å². The number of hydrogen-bond donors (Lipinski definition) is 0. The molecule has 0 aliphatic carbocycles. The quantitative estimate of drug-likeness (QED) is 0.310. The third-order valence-corrected chi connectivity index (χ3v) is 7.26. The number of thioether (sulfide) groups is 1. The molecule has 1 unspecified atom stereocenters. The number of halogens is 1. The zero-order valence-corrected chi connectivity index (χ0v) is 21.0. The second kappa shape index (κ2) is 10.0. The molecule has 170 valence electrons. The summed E-state index contributed by atoms with van der Waals surface area (Å²) in [5, 5.41) is 2.07. The summed E-state index contributed by atoms with van der Waals surface area (Å²) in [6.07, 6.45) is 2.43. The normalized spacial score (nSPS) is 16.0. The Morgan fingerprint density at radius 1 is 1.09 bits per heavy atom. The molecule has 4 rings (SSSR count). The lowest BCUT2D eigenvalue weighted by Gasteiger charge is -2.19. The van der Waals surface area contributed by atoms with Crippen molar-refractivity contribution in [1.29, 1.82) is 0 Å². The topological polar surface area (TPSA) is 55.8 Å². The summed E-state index contributed by atoms with van der Waals surface area (Å²) in [6.45, 7) is 4.22. The van der Waals surface area contributed by atoms with E-state index < -0.39 is 0 Å². The van der Waals surface area contributed by atoms with E-state index in [4.69, 9.17) is 9.47 Å². The van der Waals surface area contributed by atoms with Gasteiger partial charge in [0.05, 0.1) is 12.0 Å². The highest BCUT2D eigenvalue weighted by Gasteiger charge is 2.37. The van der Waals surface area contributed by atoms with Gasteiger partial charge in [-0.3, -0.25) is 14.5 Å². The smallest absolute Gasteiger partial charge is 0.293 e. The summed E-state index contributed by atoms with van der Waals surface area (Å²) in [7, 11) is 1.58. The molecule has 1 heterocycles. The first kappa shape index (κ1) is 23.4. The molecule has 1 aliphatic heterocycles. The molecule has 2 amide bonds.